The number of hydrogen-bond donors (Lipinski definition) is 2. The number of aliphatic hydroxyl groups is 1. The van der Waals surface area contributed by atoms with Gasteiger partial charge in [0, 0.05) is 29.7 Å². The average Bonchev–Trinajstić information content (AvgIpc) is 2.87. The number of benzene rings is 1. The fraction of sp³-hybridized carbons (Fsp3) is 0.400. The highest BCUT2D eigenvalue weighted by Crippen LogP contribution is 2.31. The van der Waals surface area contributed by atoms with Crippen LogP contribution in [-0.2, 0) is 6.54 Å². The number of aromatic nitrogens is 1. The molecule has 0 unspecified atom stereocenters. The van der Waals surface area contributed by atoms with Crippen LogP contribution in [0.1, 0.15) is 24.1 Å². The Balaban J connectivity index is 1.56. The van der Waals surface area contributed by atoms with Crippen LogP contribution in [0, 0.1) is 0 Å². The number of thiazole rings is 1. The minimum absolute atomic E-state index is 0.451. The summed E-state index contributed by atoms with van der Waals surface area (Å²) in [5.74, 6) is 0. The predicted molar refractivity (Wildman–Crippen MR) is 78.1 cm³/mol. The second-order valence-electron chi connectivity index (χ2n) is 5.18. The van der Waals surface area contributed by atoms with Gasteiger partial charge in [-0.3, -0.25) is 0 Å². The van der Waals surface area contributed by atoms with Crippen molar-refractivity contribution >= 4 is 11.3 Å². The smallest absolute Gasteiger partial charge is 0.123 e. The van der Waals surface area contributed by atoms with Crippen LogP contribution >= 0.6 is 11.3 Å². The van der Waals surface area contributed by atoms with Crippen LogP contribution in [0.25, 0.3) is 10.6 Å². The van der Waals surface area contributed by atoms with Gasteiger partial charge in [0.1, 0.15) is 5.01 Å². The Labute approximate surface area is 117 Å². The van der Waals surface area contributed by atoms with E-state index in [0.717, 1.165) is 36.4 Å². The summed E-state index contributed by atoms with van der Waals surface area (Å²) in [5.41, 5.74) is 0.712. The summed E-state index contributed by atoms with van der Waals surface area (Å²) in [6.45, 7) is 1.47. The quantitative estimate of drug-likeness (QED) is 0.881. The number of nitrogens with one attached hydrogen (secondary N) is 1. The van der Waals surface area contributed by atoms with Gasteiger partial charge in [0.15, 0.2) is 0 Å². The van der Waals surface area contributed by atoms with Gasteiger partial charge in [0.2, 0.25) is 0 Å². The predicted octanol–water partition coefficient (Wildman–Crippen LogP) is 2.81. The Morgan fingerprint density at radius 3 is 2.74 bits per heavy atom. The molecular weight excluding hydrogens is 256 g/mol. The van der Waals surface area contributed by atoms with Crippen molar-refractivity contribution in [3.8, 4) is 10.6 Å². The number of rotatable bonds is 5. The fourth-order valence-electron chi connectivity index (χ4n) is 2.28. The van der Waals surface area contributed by atoms with E-state index < -0.39 is 5.60 Å². The maximum atomic E-state index is 10.00. The molecule has 1 saturated carbocycles. The molecule has 19 heavy (non-hydrogen) atoms. The van der Waals surface area contributed by atoms with E-state index in [1.54, 1.807) is 11.3 Å². The first kappa shape index (κ1) is 12.8. The van der Waals surface area contributed by atoms with Crippen LogP contribution in [0.2, 0.25) is 0 Å². The summed E-state index contributed by atoms with van der Waals surface area (Å²) in [7, 11) is 0. The molecule has 0 amide bonds. The van der Waals surface area contributed by atoms with Crippen molar-refractivity contribution in [2.75, 3.05) is 6.54 Å². The molecule has 1 fully saturated rings. The Bertz CT molecular complexity index is 534. The van der Waals surface area contributed by atoms with E-state index in [4.69, 9.17) is 0 Å². The minimum Gasteiger partial charge on any atom is -0.389 e. The molecule has 2 aromatic rings. The molecule has 3 rings (SSSR count). The SMILES string of the molecule is OC1(CNCc2cnc(-c3ccccc3)s2)CCC1. The number of hydrogen-bond acceptors (Lipinski definition) is 4. The van der Waals surface area contributed by atoms with Gasteiger partial charge in [-0.15, -0.1) is 11.3 Å². The van der Waals surface area contributed by atoms with Gasteiger partial charge >= 0.3 is 0 Å². The first-order valence-electron chi connectivity index (χ1n) is 6.68. The summed E-state index contributed by atoms with van der Waals surface area (Å²) in [4.78, 5) is 5.66. The maximum Gasteiger partial charge on any atom is 0.123 e. The third-order valence-corrected chi connectivity index (χ3v) is 4.66. The Morgan fingerprint density at radius 2 is 2.05 bits per heavy atom. The topological polar surface area (TPSA) is 45.1 Å². The summed E-state index contributed by atoms with van der Waals surface area (Å²) >= 11 is 1.71. The van der Waals surface area contributed by atoms with E-state index >= 15 is 0 Å². The Hall–Kier alpha value is -1.23. The summed E-state index contributed by atoms with van der Waals surface area (Å²) in [6.07, 6.45) is 4.93. The van der Waals surface area contributed by atoms with E-state index in [1.165, 1.54) is 4.88 Å². The lowest BCUT2D eigenvalue weighted by Gasteiger charge is -2.36. The molecule has 0 bridgehead atoms. The van der Waals surface area contributed by atoms with Crippen molar-refractivity contribution in [3.63, 3.8) is 0 Å². The Morgan fingerprint density at radius 1 is 1.26 bits per heavy atom. The van der Waals surface area contributed by atoms with E-state index in [9.17, 15) is 5.11 Å². The van der Waals surface area contributed by atoms with Gasteiger partial charge < -0.3 is 10.4 Å². The lowest BCUT2D eigenvalue weighted by Crippen LogP contribution is -2.45. The average molecular weight is 274 g/mol. The van der Waals surface area contributed by atoms with Crippen molar-refractivity contribution in [2.24, 2.45) is 0 Å². The zero-order valence-electron chi connectivity index (χ0n) is 10.8. The van der Waals surface area contributed by atoms with Crippen molar-refractivity contribution in [1.82, 2.24) is 10.3 Å². The molecular formula is C15H18N2OS. The highest BCUT2D eigenvalue weighted by Gasteiger charge is 2.33. The van der Waals surface area contributed by atoms with Crippen LogP contribution in [0.4, 0.5) is 0 Å². The molecule has 1 heterocycles. The van der Waals surface area contributed by atoms with Gasteiger partial charge in [-0.1, -0.05) is 30.3 Å². The molecule has 0 aliphatic heterocycles. The van der Waals surface area contributed by atoms with Crippen molar-refractivity contribution in [3.05, 3.63) is 41.4 Å². The molecule has 100 valence electrons. The normalized spacial score (nSPS) is 17.1. The van der Waals surface area contributed by atoms with Gasteiger partial charge in [-0.05, 0) is 19.3 Å². The maximum absolute atomic E-state index is 10.00. The summed E-state index contributed by atoms with van der Waals surface area (Å²) in [5, 5.41) is 14.4. The molecule has 1 aromatic heterocycles. The van der Waals surface area contributed by atoms with E-state index in [-0.39, 0.29) is 0 Å². The van der Waals surface area contributed by atoms with Crippen molar-refractivity contribution < 1.29 is 5.11 Å². The number of nitrogens with zero attached hydrogens (tertiary/aromatic N) is 1. The largest absolute Gasteiger partial charge is 0.389 e. The van der Waals surface area contributed by atoms with Crippen LogP contribution in [0.3, 0.4) is 0 Å². The highest BCUT2D eigenvalue weighted by molar-refractivity contribution is 7.15. The standard InChI is InChI=1S/C15H18N2OS/c18-15(7-4-8-15)11-16-9-13-10-17-14(19-13)12-5-2-1-3-6-12/h1-3,5-6,10,16,18H,4,7-9,11H2. The molecule has 0 spiro atoms. The molecule has 0 radical (unpaired) electrons. The second-order valence-corrected chi connectivity index (χ2v) is 6.29. The van der Waals surface area contributed by atoms with Crippen LogP contribution in [0.15, 0.2) is 36.5 Å². The summed E-state index contributed by atoms with van der Waals surface area (Å²) < 4.78 is 0. The van der Waals surface area contributed by atoms with Crippen LogP contribution < -0.4 is 5.32 Å². The summed E-state index contributed by atoms with van der Waals surface area (Å²) in [6, 6.07) is 10.2. The first-order chi connectivity index (χ1) is 9.25. The molecule has 3 nitrogen and oxygen atoms in total. The zero-order valence-corrected chi connectivity index (χ0v) is 11.6. The van der Waals surface area contributed by atoms with Gasteiger partial charge in [0.25, 0.3) is 0 Å². The molecule has 4 heteroatoms. The second kappa shape index (κ2) is 5.41. The van der Waals surface area contributed by atoms with Crippen molar-refractivity contribution in [2.45, 2.75) is 31.4 Å². The fourth-order valence-corrected chi connectivity index (χ4v) is 3.17. The van der Waals surface area contributed by atoms with Crippen molar-refractivity contribution in [1.29, 1.82) is 0 Å². The lowest BCUT2D eigenvalue weighted by atomic mass is 9.80. The molecule has 1 aliphatic carbocycles. The molecule has 2 N–H and O–H groups in total. The van der Waals surface area contributed by atoms with E-state index in [1.807, 2.05) is 24.4 Å². The third kappa shape index (κ3) is 3.03. The monoisotopic (exact) mass is 274 g/mol. The van der Waals surface area contributed by atoms with Gasteiger partial charge in [-0.25, -0.2) is 4.98 Å². The molecule has 1 aliphatic rings. The minimum atomic E-state index is -0.451. The first-order valence-corrected chi connectivity index (χ1v) is 7.50. The zero-order chi connectivity index (χ0) is 13.1. The third-order valence-electron chi connectivity index (χ3n) is 3.61. The highest BCUT2D eigenvalue weighted by atomic mass is 32.1. The molecule has 0 atom stereocenters. The van der Waals surface area contributed by atoms with Crippen LogP contribution in [0.5, 0.6) is 0 Å². The molecule has 1 aromatic carbocycles. The Kier molecular flexibility index (Phi) is 3.64. The van der Waals surface area contributed by atoms with E-state index in [0.29, 0.717) is 6.54 Å². The van der Waals surface area contributed by atoms with Crippen LogP contribution in [-0.4, -0.2) is 22.2 Å². The van der Waals surface area contributed by atoms with E-state index in [2.05, 4.69) is 22.4 Å². The lowest BCUT2D eigenvalue weighted by molar-refractivity contribution is -0.0314. The molecule has 0 saturated heterocycles. The van der Waals surface area contributed by atoms with Gasteiger partial charge in [-0.2, -0.15) is 0 Å². The van der Waals surface area contributed by atoms with Gasteiger partial charge in [0.05, 0.1) is 5.60 Å².